The third kappa shape index (κ3) is 5.82. The molecule has 1 amide bonds. The van der Waals surface area contributed by atoms with E-state index in [1.165, 1.54) is 30.2 Å². The fourth-order valence-corrected chi connectivity index (χ4v) is 5.97. The summed E-state index contributed by atoms with van der Waals surface area (Å²) in [6.45, 7) is 7.12. The maximum Gasteiger partial charge on any atom is 0.328 e. The largest absolute Gasteiger partial charge is 0.485 e. The zero-order valence-corrected chi connectivity index (χ0v) is 21.4. The molecule has 0 radical (unpaired) electrons. The van der Waals surface area contributed by atoms with Crippen molar-refractivity contribution in [3.63, 3.8) is 0 Å². The number of amides is 1. The van der Waals surface area contributed by atoms with Crippen LogP contribution < -0.4 is 9.46 Å². The van der Waals surface area contributed by atoms with Gasteiger partial charge in [0.25, 0.3) is 0 Å². The number of sulfonamides is 1. The molecule has 0 aliphatic carbocycles. The number of para-hydroxylation sites is 1. The Morgan fingerprint density at radius 1 is 1.11 bits per heavy atom. The lowest BCUT2D eigenvalue weighted by atomic mass is 10.0. The number of methoxy groups -OCH3 is 1. The summed E-state index contributed by atoms with van der Waals surface area (Å²) in [5.41, 5.74) is 3.04. The SMILES string of the molecule is COC(=O)C1CC(Oc2ccccc2F)CN1C(=O)CCNS(=O)(=O)c1c(C)c(C)cc(C)c1C. The molecule has 2 aromatic rings. The van der Waals surface area contributed by atoms with Crippen LogP contribution in [-0.2, 0) is 24.3 Å². The predicted octanol–water partition coefficient (Wildman–Crippen LogP) is 2.95. The molecule has 1 N–H and O–H groups in total. The number of aryl methyl sites for hydroxylation is 2. The van der Waals surface area contributed by atoms with Crippen LogP contribution in [-0.4, -0.2) is 57.5 Å². The van der Waals surface area contributed by atoms with E-state index in [1.807, 2.05) is 19.9 Å². The van der Waals surface area contributed by atoms with E-state index in [0.29, 0.717) is 11.1 Å². The molecule has 0 saturated carbocycles. The number of hydrogen-bond acceptors (Lipinski definition) is 6. The third-order valence-corrected chi connectivity index (χ3v) is 8.12. The number of nitrogens with zero attached hydrogens (tertiary/aromatic N) is 1. The van der Waals surface area contributed by atoms with E-state index in [0.717, 1.165) is 11.1 Å². The van der Waals surface area contributed by atoms with Crippen LogP contribution in [0.25, 0.3) is 0 Å². The summed E-state index contributed by atoms with van der Waals surface area (Å²) in [5.74, 6) is -1.56. The first kappa shape index (κ1) is 26.6. The molecule has 1 aliphatic rings. The Labute approximate surface area is 205 Å². The van der Waals surface area contributed by atoms with Gasteiger partial charge < -0.3 is 14.4 Å². The van der Waals surface area contributed by atoms with Gasteiger partial charge >= 0.3 is 5.97 Å². The Hall–Kier alpha value is -2.98. The zero-order valence-electron chi connectivity index (χ0n) is 20.6. The fraction of sp³-hybridized carbons (Fsp3) is 0.440. The Kier molecular flexibility index (Phi) is 8.17. The average molecular weight is 507 g/mol. The summed E-state index contributed by atoms with van der Waals surface area (Å²) in [4.78, 5) is 26.8. The van der Waals surface area contributed by atoms with Gasteiger partial charge in [0.15, 0.2) is 11.6 Å². The lowest BCUT2D eigenvalue weighted by molar-refractivity contribution is -0.150. The highest BCUT2D eigenvalue weighted by Crippen LogP contribution is 2.27. The van der Waals surface area contributed by atoms with Crippen LogP contribution in [0.3, 0.4) is 0 Å². The molecule has 1 heterocycles. The highest BCUT2D eigenvalue weighted by molar-refractivity contribution is 7.89. The van der Waals surface area contributed by atoms with Crippen molar-refractivity contribution in [2.45, 2.75) is 57.6 Å². The molecule has 2 atom stereocenters. The van der Waals surface area contributed by atoms with Gasteiger partial charge in [-0.2, -0.15) is 0 Å². The highest BCUT2D eigenvalue weighted by Gasteiger charge is 2.41. The molecule has 10 heteroatoms. The Bertz CT molecular complexity index is 1200. The number of benzene rings is 2. The van der Waals surface area contributed by atoms with Crippen LogP contribution in [0.15, 0.2) is 35.2 Å². The molecule has 3 rings (SSSR count). The summed E-state index contributed by atoms with van der Waals surface area (Å²) in [7, 11) is -2.63. The predicted molar refractivity (Wildman–Crippen MR) is 128 cm³/mol. The first-order valence-corrected chi connectivity index (χ1v) is 12.8. The van der Waals surface area contributed by atoms with E-state index < -0.39 is 39.9 Å². The van der Waals surface area contributed by atoms with E-state index in [-0.39, 0.29) is 36.6 Å². The quantitative estimate of drug-likeness (QED) is 0.553. The first-order chi connectivity index (χ1) is 16.5. The molecule has 0 bridgehead atoms. The molecule has 2 unspecified atom stereocenters. The molecule has 2 aromatic carbocycles. The van der Waals surface area contributed by atoms with Gasteiger partial charge in [-0.3, -0.25) is 4.79 Å². The first-order valence-electron chi connectivity index (χ1n) is 11.3. The number of halogens is 1. The van der Waals surface area contributed by atoms with Crippen molar-refractivity contribution in [1.29, 1.82) is 0 Å². The van der Waals surface area contributed by atoms with Crippen LogP contribution in [0.1, 0.15) is 35.1 Å². The molecule has 1 aliphatic heterocycles. The smallest absolute Gasteiger partial charge is 0.328 e. The van der Waals surface area contributed by atoms with E-state index in [1.54, 1.807) is 19.9 Å². The molecule has 190 valence electrons. The van der Waals surface area contributed by atoms with E-state index in [9.17, 15) is 22.4 Å². The van der Waals surface area contributed by atoms with Crippen LogP contribution in [0.4, 0.5) is 4.39 Å². The van der Waals surface area contributed by atoms with Gasteiger partial charge in [0.1, 0.15) is 12.1 Å². The third-order valence-electron chi connectivity index (χ3n) is 6.38. The van der Waals surface area contributed by atoms with Crippen molar-refractivity contribution in [1.82, 2.24) is 9.62 Å². The normalized spacial score (nSPS) is 17.9. The number of hydrogen-bond donors (Lipinski definition) is 1. The molecule has 1 fully saturated rings. The zero-order chi connectivity index (χ0) is 25.9. The van der Waals surface area contributed by atoms with Crippen LogP contribution >= 0.6 is 0 Å². The minimum atomic E-state index is -3.86. The van der Waals surface area contributed by atoms with Crippen molar-refractivity contribution in [3.8, 4) is 5.75 Å². The summed E-state index contributed by atoms with van der Waals surface area (Å²) in [6.07, 6.45) is -0.640. The van der Waals surface area contributed by atoms with Crippen LogP contribution in [0.5, 0.6) is 5.75 Å². The van der Waals surface area contributed by atoms with Gasteiger partial charge in [0, 0.05) is 19.4 Å². The van der Waals surface area contributed by atoms with E-state index in [2.05, 4.69) is 4.72 Å². The van der Waals surface area contributed by atoms with Gasteiger partial charge in [-0.25, -0.2) is 22.3 Å². The Morgan fingerprint density at radius 2 is 1.74 bits per heavy atom. The minimum Gasteiger partial charge on any atom is -0.485 e. The van der Waals surface area contributed by atoms with Crippen molar-refractivity contribution >= 4 is 21.9 Å². The second kappa shape index (κ2) is 10.7. The summed E-state index contributed by atoms with van der Waals surface area (Å²) in [5, 5.41) is 0. The molecule has 1 saturated heterocycles. The number of nitrogens with one attached hydrogen (secondary N) is 1. The number of carbonyl (C=O) groups excluding carboxylic acids is 2. The lowest BCUT2D eigenvalue weighted by Crippen LogP contribution is -2.42. The monoisotopic (exact) mass is 506 g/mol. The molecule has 8 nitrogen and oxygen atoms in total. The number of ether oxygens (including phenoxy) is 2. The Balaban J connectivity index is 1.69. The minimum absolute atomic E-state index is 0.0300. The molecule has 0 spiro atoms. The van der Waals surface area contributed by atoms with Crippen LogP contribution in [0.2, 0.25) is 0 Å². The second-order valence-corrected chi connectivity index (χ2v) is 10.4. The van der Waals surface area contributed by atoms with E-state index >= 15 is 0 Å². The van der Waals surface area contributed by atoms with Gasteiger partial charge in [0.05, 0.1) is 18.6 Å². The summed E-state index contributed by atoms with van der Waals surface area (Å²) >= 11 is 0. The van der Waals surface area contributed by atoms with Gasteiger partial charge in [0.2, 0.25) is 15.9 Å². The molecule has 35 heavy (non-hydrogen) atoms. The van der Waals surface area contributed by atoms with Crippen molar-refractivity contribution < 1.29 is 31.9 Å². The maximum atomic E-state index is 14.0. The molecular weight excluding hydrogens is 475 g/mol. The number of likely N-dealkylation sites (tertiary alicyclic amines) is 1. The molecule has 0 aromatic heterocycles. The Morgan fingerprint density at radius 3 is 2.34 bits per heavy atom. The number of carbonyl (C=O) groups is 2. The number of rotatable bonds is 8. The highest BCUT2D eigenvalue weighted by atomic mass is 32.2. The van der Waals surface area contributed by atoms with Gasteiger partial charge in [-0.15, -0.1) is 0 Å². The summed E-state index contributed by atoms with van der Waals surface area (Å²) in [6, 6.07) is 6.93. The van der Waals surface area contributed by atoms with Crippen LogP contribution in [0, 0.1) is 33.5 Å². The summed E-state index contributed by atoms with van der Waals surface area (Å²) < 4.78 is 53.1. The van der Waals surface area contributed by atoms with Gasteiger partial charge in [-0.05, 0) is 62.1 Å². The van der Waals surface area contributed by atoms with Crippen molar-refractivity contribution in [2.75, 3.05) is 20.2 Å². The standard InChI is InChI=1S/C25H31FN2O6S/c1-15-12-16(2)18(4)24(17(15)3)35(31,32)27-11-10-23(29)28-14-19(13-21(28)25(30)33-5)34-22-9-7-6-8-20(22)26/h6-9,12,19,21,27H,10-11,13-14H2,1-5H3. The maximum absolute atomic E-state index is 14.0. The van der Waals surface area contributed by atoms with Gasteiger partial charge in [-0.1, -0.05) is 18.2 Å². The van der Waals surface area contributed by atoms with E-state index in [4.69, 9.17) is 9.47 Å². The second-order valence-electron chi connectivity index (χ2n) is 8.73. The topological polar surface area (TPSA) is 102 Å². The molecular formula is C25H31FN2O6S. The fourth-order valence-electron chi connectivity index (χ4n) is 4.33. The lowest BCUT2D eigenvalue weighted by Gasteiger charge is -2.22. The average Bonchev–Trinajstić information content (AvgIpc) is 3.22. The van der Waals surface area contributed by atoms with Crippen molar-refractivity contribution in [3.05, 3.63) is 58.4 Å². The number of esters is 1. The van der Waals surface area contributed by atoms with Crippen molar-refractivity contribution in [2.24, 2.45) is 0 Å².